The molecule has 0 bridgehead atoms. The zero-order valence-electron chi connectivity index (χ0n) is 12.9. The van der Waals surface area contributed by atoms with E-state index in [-0.39, 0.29) is 5.60 Å². The van der Waals surface area contributed by atoms with E-state index in [2.05, 4.69) is 33.1 Å². The molecule has 1 saturated carbocycles. The molecule has 108 valence electrons. The molecule has 0 heterocycles. The summed E-state index contributed by atoms with van der Waals surface area (Å²) in [6.45, 7) is 7.64. The van der Waals surface area contributed by atoms with Crippen LogP contribution in [0.15, 0.2) is 0 Å². The quantitative estimate of drug-likeness (QED) is 0.658. The summed E-state index contributed by atoms with van der Waals surface area (Å²) in [5.41, 5.74) is 0.106. The molecule has 1 aliphatic rings. The Kier molecular flexibility index (Phi) is 7.25. The summed E-state index contributed by atoms with van der Waals surface area (Å²) in [4.78, 5) is 0. The van der Waals surface area contributed by atoms with E-state index in [4.69, 9.17) is 4.74 Å². The van der Waals surface area contributed by atoms with Gasteiger partial charge >= 0.3 is 0 Å². The third-order valence-electron chi connectivity index (χ3n) is 4.50. The normalized spacial score (nSPS) is 30.3. The maximum atomic E-state index is 6.26. The second-order valence-corrected chi connectivity index (χ2v) is 6.04. The van der Waals surface area contributed by atoms with Crippen molar-refractivity contribution in [3.63, 3.8) is 0 Å². The van der Waals surface area contributed by atoms with Crippen molar-refractivity contribution in [2.45, 2.75) is 83.8 Å². The molecule has 18 heavy (non-hydrogen) atoms. The third-order valence-corrected chi connectivity index (χ3v) is 4.50. The predicted molar refractivity (Wildman–Crippen MR) is 79.0 cm³/mol. The van der Waals surface area contributed by atoms with Crippen LogP contribution in [0, 0.1) is 5.92 Å². The molecule has 2 heteroatoms. The van der Waals surface area contributed by atoms with Crippen molar-refractivity contribution in [3.8, 4) is 0 Å². The van der Waals surface area contributed by atoms with Crippen molar-refractivity contribution in [1.82, 2.24) is 5.32 Å². The second-order valence-electron chi connectivity index (χ2n) is 6.04. The molecule has 0 radical (unpaired) electrons. The van der Waals surface area contributed by atoms with Crippen LogP contribution in [0.4, 0.5) is 0 Å². The first kappa shape index (κ1) is 16.0. The van der Waals surface area contributed by atoms with Gasteiger partial charge in [0.1, 0.15) is 0 Å². The summed E-state index contributed by atoms with van der Waals surface area (Å²) in [6, 6.07) is 0.534. The molecule has 0 amide bonds. The number of unbranched alkanes of at least 4 members (excludes halogenated alkanes) is 2. The van der Waals surface area contributed by atoms with Crippen molar-refractivity contribution in [3.05, 3.63) is 0 Å². The Balaban J connectivity index is 2.66. The van der Waals surface area contributed by atoms with Gasteiger partial charge in [0.2, 0.25) is 0 Å². The SMILES string of the molecule is CCCCCC(NC)C1(OCC)CCCC(C)C1. The van der Waals surface area contributed by atoms with Crippen molar-refractivity contribution in [2.24, 2.45) is 5.92 Å². The lowest BCUT2D eigenvalue weighted by Gasteiger charge is -2.45. The van der Waals surface area contributed by atoms with E-state index < -0.39 is 0 Å². The van der Waals surface area contributed by atoms with E-state index in [9.17, 15) is 0 Å². The smallest absolute Gasteiger partial charge is 0.0837 e. The van der Waals surface area contributed by atoms with Crippen LogP contribution in [0.2, 0.25) is 0 Å². The van der Waals surface area contributed by atoms with Crippen molar-refractivity contribution < 1.29 is 4.74 Å². The highest BCUT2D eigenvalue weighted by molar-refractivity contribution is 4.96. The zero-order valence-corrected chi connectivity index (χ0v) is 12.9. The standard InChI is InChI=1S/C16H33NO/c1-5-7-8-11-15(17-4)16(18-6-2)12-9-10-14(3)13-16/h14-15,17H,5-13H2,1-4H3. The molecule has 2 nitrogen and oxygen atoms in total. The van der Waals surface area contributed by atoms with Crippen LogP contribution in [0.1, 0.15) is 72.1 Å². The lowest BCUT2D eigenvalue weighted by molar-refractivity contribution is -0.101. The number of rotatable bonds is 8. The van der Waals surface area contributed by atoms with Crippen LogP contribution in [-0.4, -0.2) is 25.3 Å². The Labute approximate surface area is 114 Å². The fourth-order valence-electron chi connectivity index (χ4n) is 3.65. The third kappa shape index (κ3) is 4.24. The molecular weight excluding hydrogens is 222 g/mol. The van der Waals surface area contributed by atoms with E-state index in [0.29, 0.717) is 6.04 Å². The summed E-state index contributed by atoms with van der Waals surface area (Å²) in [5, 5.41) is 3.55. The first-order valence-electron chi connectivity index (χ1n) is 7.99. The van der Waals surface area contributed by atoms with Crippen LogP contribution in [-0.2, 0) is 4.74 Å². The lowest BCUT2D eigenvalue weighted by Crippen LogP contribution is -2.54. The Morgan fingerprint density at radius 2 is 2.11 bits per heavy atom. The highest BCUT2D eigenvalue weighted by Crippen LogP contribution is 2.39. The molecule has 3 atom stereocenters. The number of ether oxygens (including phenoxy) is 1. The van der Waals surface area contributed by atoms with Gasteiger partial charge in [0.25, 0.3) is 0 Å². The van der Waals surface area contributed by atoms with Crippen molar-refractivity contribution >= 4 is 0 Å². The number of hydrogen-bond donors (Lipinski definition) is 1. The number of nitrogens with one attached hydrogen (secondary N) is 1. The van der Waals surface area contributed by atoms with E-state index in [1.54, 1.807) is 0 Å². The minimum Gasteiger partial charge on any atom is -0.374 e. The fraction of sp³-hybridized carbons (Fsp3) is 1.00. The van der Waals surface area contributed by atoms with Gasteiger partial charge in [-0.05, 0) is 39.2 Å². The average molecular weight is 255 g/mol. The fourth-order valence-corrected chi connectivity index (χ4v) is 3.65. The number of hydrogen-bond acceptors (Lipinski definition) is 2. The van der Waals surface area contributed by atoms with E-state index in [0.717, 1.165) is 12.5 Å². The first-order valence-corrected chi connectivity index (χ1v) is 7.99. The van der Waals surface area contributed by atoms with Gasteiger partial charge in [0, 0.05) is 12.6 Å². The van der Waals surface area contributed by atoms with Gasteiger partial charge < -0.3 is 10.1 Å². The van der Waals surface area contributed by atoms with Crippen LogP contribution in [0.3, 0.4) is 0 Å². The average Bonchev–Trinajstić information content (AvgIpc) is 2.35. The molecule has 0 aromatic carbocycles. The highest BCUT2D eigenvalue weighted by Gasteiger charge is 2.41. The molecule has 3 unspecified atom stereocenters. The Morgan fingerprint density at radius 1 is 1.33 bits per heavy atom. The van der Waals surface area contributed by atoms with Crippen molar-refractivity contribution in [1.29, 1.82) is 0 Å². The molecule has 1 rings (SSSR count). The van der Waals surface area contributed by atoms with E-state index in [1.807, 2.05) is 0 Å². The van der Waals surface area contributed by atoms with Gasteiger partial charge in [-0.15, -0.1) is 0 Å². The molecular formula is C16H33NO. The Hall–Kier alpha value is -0.0800. The molecule has 0 aromatic heterocycles. The summed E-state index contributed by atoms with van der Waals surface area (Å²) >= 11 is 0. The molecule has 1 N–H and O–H groups in total. The van der Waals surface area contributed by atoms with Gasteiger partial charge in [-0.1, -0.05) is 46.0 Å². The molecule has 0 aliphatic heterocycles. The van der Waals surface area contributed by atoms with Crippen LogP contribution in [0.5, 0.6) is 0 Å². The minimum absolute atomic E-state index is 0.106. The molecule has 1 aliphatic carbocycles. The molecule has 0 saturated heterocycles. The summed E-state index contributed by atoms with van der Waals surface area (Å²) in [7, 11) is 2.11. The maximum absolute atomic E-state index is 6.26. The monoisotopic (exact) mass is 255 g/mol. The predicted octanol–water partition coefficient (Wildman–Crippen LogP) is 4.14. The zero-order chi connectivity index (χ0) is 13.4. The molecule has 1 fully saturated rings. The Bertz CT molecular complexity index is 215. The topological polar surface area (TPSA) is 21.3 Å². The van der Waals surface area contributed by atoms with Gasteiger partial charge in [0.05, 0.1) is 5.60 Å². The largest absolute Gasteiger partial charge is 0.374 e. The Morgan fingerprint density at radius 3 is 2.67 bits per heavy atom. The van der Waals surface area contributed by atoms with Crippen LogP contribution >= 0.6 is 0 Å². The minimum atomic E-state index is 0.106. The molecule has 0 aromatic rings. The first-order chi connectivity index (χ1) is 8.68. The molecule has 0 spiro atoms. The lowest BCUT2D eigenvalue weighted by atomic mass is 9.73. The van der Waals surface area contributed by atoms with E-state index in [1.165, 1.54) is 51.4 Å². The summed E-state index contributed by atoms with van der Waals surface area (Å²) in [6.07, 6.45) is 10.4. The highest BCUT2D eigenvalue weighted by atomic mass is 16.5. The van der Waals surface area contributed by atoms with Gasteiger partial charge in [-0.3, -0.25) is 0 Å². The van der Waals surface area contributed by atoms with Crippen LogP contribution < -0.4 is 5.32 Å². The van der Waals surface area contributed by atoms with Gasteiger partial charge in [-0.25, -0.2) is 0 Å². The summed E-state index contributed by atoms with van der Waals surface area (Å²) < 4.78 is 6.26. The summed E-state index contributed by atoms with van der Waals surface area (Å²) in [5.74, 6) is 0.812. The van der Waals surface area contributed by atoms with Gasteiger partial charge in [-0.2, -0.15) is 0 Å². The van der Waals surface area contributed by atoms with Gasteiger partial charge in [0.15, 0.2) is 0 Å². The second kappa shape index (κ2) is 8.16. The maximum Gasteiger partial charge on any atom is 0.0837 e. The number of likely N-dealkylation sites (N-methyl/N-ethyl adjacent to an activating group) is 1. The van der Waals surface area contributed by atoms with E-state index >= 15 is 0 Å². The van der Waals surface area contributed by atoms with Crippen molar-refractivity contribution in [2.75, 3.05) is 13.7 Å². The van der Waals surface area contributed by atoms with Crippen LogP contribution in [0.25, 0.3) is 0 Å².